The molecule has 0 bridgehead atoms. The summed E-state index contributed by atoms with van der Waals surface area (Å²) in [5.74, 6) is 0.408. The van der Waals surface area contributed by atoms with Crippen molar-refractivity contribution in [1.29, 1.82) is 0 Å². The third-order valence-corrected chi connectivity index (χ3v) is 3.53. The van der Waals surface area contributed by atoms with Crippen molar-refractivity contribution in [1.82, 2.24) is 0 Å². The van der Waals surface area contributed by atoms with Gasteiger partial charge in [-0.15, -0.1) is 11.6 Å². The second kappa shape index (κ2) is 4.56. The highest BCUT2D eigenvalue weighted by molar-refractivity contribution is 6.32. The number of halogens is 2. The van der Waals surface area contributed by atoms with Crippen LogP contribution in [0.4, 0.5) is 11.4 Å². The van der Waals surface area contributed by atoms with E-state index >= 15 is 0 Å². The Morgan fingerprint density at radius 1 is 1.50 bits per heavy atom. The zero-order valence-electron chi connectivity index (χ0n) is 8.97. The van der Waals surface area contributed by atoms with E-state index in [1.165, 1.54) is 0 Å². The number of alkyl halides is 1. The van der Waals surface area contributed by atoms with Gasteiger partial charge in [-0.2, -0.15) is 0 Å². The Bertz CT molecular complexity index is 429. The van der Waals surface area contributed by atoms with Crippen LogP contribution >= 0.6 is 23.2 Å². The summed E-state index contributed by atoms with van der Waals surface area (Å²) in [7, 11) is 0. The van der Waals surface area contributed by atoms with E-state index in [-0.39, 0.29) is 0 Å². The van der Waals surface area contributed by atoms with Crippen LogP contribution < -0.4 is 10.6 Å². The SMILES string of the molecule is C=C(CCl)N1CCCc2c(Cl)ccc(N)c21. The topological polar surface area (TPSA) is 29.3 Å². The van der Waals surface area contributed by atoms with Crippen molar-refractivity contribution in [2.45, 2.75) is 12.8 Å². The average Bonchev–Trinajstić information content (AvgIpc) is 2.32. The first kappa shape index (κ1) is 11.6. The van der Waals surface area contributed by atoms with Crippen molar-refractivity contribution in [3.63, 3.8) is 0 Å². The van der Waals surface area contributed by atoms with Gasteiger partial charge >= 0.3 is 0 Å². The van der Waals surface area contributed by atoms with E-state index in [2.05, 4.69) is 11.5 Å². The first-order chi connectivity index (χ1) is 7.65. The Hall–Kier alpha value is -0.860. The van der Waals surface area contributed by atoms with Crippen LogP contribution in [-0.2, 0) is 6.42 Å². The molecular formula is C12H14Cl2N2. The van der Waals surface area contributed by atoms with Crippen molar-refractivity contribution < 1.29 is 0 Å². The van der Waals surface area contributed by atoms with Crippen LogP contribution in [0.15, 0.2) is 24.4 Å². The molecule has 1 heterocycles. The zero-order chi connectivity index (χ0) is 11.7. The van der Waals surface area contributed by atoms with E-state index in [1.807, 2.05) is 12.1 Å². The molecule has 0 aliphatic carbocycles. The van der Waals surface area contributed by atoms with Gasteiger partial charge in [0, 0.05) is 17.3 Å². The van der Waals surface area contributed by atoms with Crippen LogP contribution in [0.25, 0.3) is 0 Å². The van der Waals surface area contributed by atoms with Gasteiger partial charge in [-0.3, -0.25) is 0 Å². The molecule has 0 amide bonds. The monoisotopic (exact) mass is 256 g/mol. The molecule has 0 atom stereocenters. The van der Waals surface area contributed by atoms with Gasteiger partial charge in [0.25, 0.3) is 0 Å². The Labute approximate surface area is 106 Å². The molecule has 0 saturated heterocycles. The number of nitrogen functional groups attached to an aromatic ring is 1. The Morgan fingerprint density at radius 3 is 2.94 bits per heavy atom. The number of nitrogens with zero attached hydrogens (tertiary/aromatic N) is 1. The molecule has 1 aliphatic heterocycles. The minimum Gasteiger partial charge on any atom is -0.397 e. The smallest absolute Gasteiger partial charge is 0.0689 e. The molecule has 0 saturated carbocycles. The van der Waals surface area contributed by atoms with Crippen LogP contribution in [-0.4, -0.2) is 12.4 Å². The van der Waals surface area contributed by atoms with Crippen LogP contribution in [0.1, 0.15) is 12.0 Å². The molecular weight excluding hydrogens is 243 g/mol. The molecule has 0 fully saturated rings. The number of rotatable bonds is 2. The van der Waals surface area contributed by atoms with Crippen molar-refractivity contribution >= 4 is 34.6 Å². The van der Waals surface area contributed by atoms with Crippen LogP contribution in [0.3, 0.4) is 0 Å². The first-order valence-corrected chi connectivity index (χ1v) is 6.14. The highest BCUT2D eigenvalue weighted by Gasteiger charge is 2.22. The molecule has 86 valence electrons. The molecule has 0 radical (unpaired) electrons. The second-order valence-electron chi connectivity index (χ2n) is 3.92. The minimum absolute atomic E-state index is 0.408. The number of hydrogen-bond donors (Lipinski definition) is 1. The Kier molecular flexibility index (Phi) is 3.31. The highest BCUT2D eigenvalue weighted by Crippen LogP contribution is 2.38. The maximum Gasteiger partial charge on any atom is 0.0689 e. The van der Waals surface area contributed by atoms with Gasteiger partial charge in [0.1, 0.15) is 0 Å². The van der Waals surface area contributed by atoms with Gasteiger partial charge in [-0.25, -0.2) is 0 Å². The summed E-state index contributed by atoms with van der Waals surface area (Å²) in [6, 6.07) is 3.68. The fourth-order valence-electron chi connectivity index (χ4n) is 2.10. The van der Waals surface area contributed by atoms with Crippen molar-refractivity contribution in [2.24, 2.45) is 0 Å². The maximum absolute atomic E-state index is 6.18. The number of anilines is 2. The largest absolute Gasteiger partial charge is 0.397 e. The lowest BCUT2D eigenvalue weighted by atomic mass is 10.00. The van der Waals surface area contributed by atoms with Crippen molar-refractivity contribution in [3.8, 4) is 0 Å². The second-order valence-corrected chi connectivity index (χ2v) is 4.59. The summed E-state index contributed by atoms with van der Waals surface area (Å²) in [6.45, 7) is 4.87. The van der Waals surface area contributed by atoms with E-state index in [0.29, 0.717) is 5.88 Å². The fraction of sp³-hybridized carbons (Fsp3) is 0.333. The van der Waals surface area contributed by atoms with Crippen molar-refractivity contribution in [3.05, 3.63) is 35.0 Å². The predicted octanol–water partition coefficient (Wildman–Crippen LogP) is 3.43. The molecule has 1 aromatic rings. The van der Waals surface area contributed by atoms with Gasteiger partial charge in [-0.1, -0.05) is 18.2 Å². The lowest BCUT2D eigenvalue weighted by molar-refractivity contribution is 0.747. The Morgan fingerprint density at radius 2 is 2.25 bits per heavy atom. The van der Waals surface area contributed by atoms with E-state index in [9.17, 15) is 0 Å². The molecule has 0 spiro atoms. The zero-order valence-corrected chi connectivity index (χ0v) is 10.5. The first-order valence-electron chi connectivity index (χ1n) is 5.23. The fourth-order valence-corrected chi connectivity index (χ4v) is 2.49. The molecule has 2 rings (SSSR count). The number of nitrogens with two attached hydrogens (primary N) is 1. The molecule has 0 aromatic heterocycles. The molecule has 16 heavy (non-hydrogen) atoms. The summed E-state index contributed by atoms with van der Waals surface area (Å²) >= 11 is 12.0. The number of benzene rings is 1. The molecule has 2 N–H and O–H groups in total. The number of fused-ring (bicyclic) bond motifs is 1. The predicted molar refractivity (Wildman–Crippen MR) is 71.4 cm³/mol. The van der Waals surface area contributed by atoms with E-state index < -0.39 is 0 Å². The highest BCUT2D eigenvalue weighted by atomic mass is 35.5. The summed E-state index contributed by atoms with van der Waals surface area (Å²) < 4.78 is 0. The van der Waals surface area contributed by atoms with E-state index in [0.717, 1.165) is 47.0 Å². The third-order valence-electron chi connectivity index (χ3n) is 2.87. The normalized spacial score (nSPS) is 14.8. The van der Waals surface area contributed by atoms with Gasteiger partial charge in [-0.05, 0) is 30.5 Å². The standard InChI is InChI=1S/C12H14Cl2N2/c1-8(7-13)16-6-2-3-9-10(14)4-5-11(15)12(9)16/h4-5H,1-3,6-7,15H2. The molecule has 2 nitrogen and oxygen atoms in total. The van der Waals surface area contributed by atoms with Gasteiger partial charge in [0.05, 0.1) is 17.3 Å². The summed E-state index contributed by atoms with van der Waals surface area (Å²) in [6.07, 6.45) is 2.01. The molecule has 1 aromatic carbocycles. The Balaban J connectivity index is 2.53. The quantitative estimate of drug-likeness (QED) is 0.649. The lowest BCUT2D eigenvalue weighted by Gasteiger charge is -2.33. The van der Waals surface area contributed by atoms with Crippen molar-refractivity contribution in [2.75, 3.05) is 23.1 Å². The van der Waals surface area contributed by atoms with Crippen LogP contribution in [0, 0.1) is 0 Å². The molecule has 4 heteroatoms. The van der Waals surface area contributed by atoms with Crippen LogP contribution in [0.2, 0.25) is 5.02 Å². The maximum atomic E-state index is 6.18. The minimum atomic E-state index is 0.408. The molecule has 1 aliphatic rings. The van der Waals surface area contributed by atoms with Gasteiger partial charge in [0.15, 0.2) is 0 Å². The molecule has 0 unspecified atom stereocenters. The van der Waals surface area contributed by atoms with E-state index in [1.54, 1.807) is 0 Å². The summed E-state index contributed by atoms with van der Waals surface area (Å²) in [5.41, 5.74) is 9.72. The van der Waals surface area contributed by atoms with Gasteiger partial charge in [0.2, 0.25) is 0 Å². The average molecular weight is 257 g/mol. The number of hydrogen-bond acceptors (Lipinski definition) is 2. The van der Waals surface area contributed by atoms with E-state index in [4.69, 9.17) is 28.9 Å². The van der Waals surface area contributed by atoms with Gasteiger partial charge < -0.3 is 10.6 Å². The number of allylic oxidation sites excluding steroid dienone is 1. The lowest BCUT2D eigenvalue weighted by Crippen LogP contribution is -2.30. The summed E-state index contributed by atoms with van der Waals surface area (Å²) in [4.78, 5) is 2.08. The third kappa shape index (κ3) is 1.87. The van der Waals surface area contributed by atoms with Crippen LogP contribution in [0.5, 0.6) is 0 Å². The summed E-state index contributed by atoms with van der Waals surface area (Å²) in [5, 5.41) is 0.774.